The molecular weight excluding hydrogens is 245 g/mol. The maximum Gasteiger partial charge on any atom is 0.131 e. The molecule has 4 heteroatoms. The molecule has 0 aromatic heterocycles. The summed E-state index contributed by atoms with van der Waals surface area (Å²) in [5.74, 6) is 0.245. The molecule has 1 aromatic rings. The Kier molecular flexibility index (Phi) is 5.76. The lowest BCUT2D eigenvalue weighted by molar-refractivity contribution is -0.0476. The van der Waals surface area contributed by atoms with Crippen LogP contribution >= 0.6 is 0 Å². The number of ether oxygens (including phenoxy) is 2. The Morgan fingerprint density at radius 1 is 1.26 bits per heavy atom. The molecule has 0 bridgehead atoms. The smallest absolute Gasteiger partial charge is 0.131 e. The topological polar surface area (TPSA) is 30.5 Å². The third-order valence-electron chi connectivity index (χ3n) is 3.94. The highest BCUT2D eigenvalue weighted by atomic mass is 19.1. The molecule has 0 saturated carbocycles. The quantitative estimate of drug-likeness (QED) is 0.824. The Morgan fingerprint density at radius 2 is 1.89 bits per heavy atom. The van der Waals surface area contributed by atoms with Crippen molar-refractivity contribution >= 4 is 0 Å². The average Bonchev–Trinajstić information content (AvgIpc) is 2.45. The molecule has 1 rings (SSSR count). The van der Waals surface area contributed by atoms with Gasteiger partial charge in [-0.05, 0) is 26.0 Å². The van der Waals surface area contributed by atoms with E-state index in [1.54, 1.807) is 19.2 Å². The number of benzene rings is 1. The van der Waals surface area contributed by atoms with Gasteiger partial charge in [-0.1, -0.05) is 19.9 Å². The molecule has 0 amide bonds. The highest BCUT2D eigenvalue weighted by Gasteiger charge is 2.37. The van der Waals surface area contributed by atoms with Gasteiger partial charge in [0.1, 0.15) is 11.6 Å². The second-order valence-electron chi connectivity index (χ2n) is 4.59. The van der Waals surface area contributed by atoms with Gasteiger partial charge in [-0.2, -0.15) is 0 Å². The first kappa shape index (κ1) is 15.9. The second-order valence-corrected chi connectivity index (χ2v) is 4.59. The molecule has 0 spiro atoms. The summed E-state index contributed by atoms with van der Waals surface area (Å²) >= 11 is 0. The zero-order valence-electron chi connectivity index (χ0n) is 12.4. The molecule has 0 saturated heterocycles. The van der Waals surface area contributed by atoms with Crippen LogP contribution in [0.3, 0.4) is 0 Å². The van der Waals surface area contributed by atoms with E-state index in [2.05, 4.69) is 19.2 Å². The van der Waals surface area contributed by atoms with Crippen LogP contribution in [0.1, 0.15) is 38.3 Å². The molecule has 108 valence electrons. The van der Waals surface area contributed by atoms with Crippen LogP contribution in [0, 0.1) is 5.82 Å². The van der Waals surface area contributed by atoms with Gasteiger partial charge in [0.15, 0.2) is 0 Å². The van der Waals surface area contributed by atoms with E-state index >= 15 is 0 Å². The van der Waals surface area contributed by atoms with Crippen molar-refractivity contribution in [1.82, 2.24) is 5.32 Å². The molecule has 1 N–H and O–H groups in total. The van der Waals surface area contributed by atoms with E-state index < -0.39 is 5.60 Å². The summed E-state index contributed by atoms with van der Waals surface area (Å²) in [6.45, 7) is 4.11. The van der Waals surface area contributed by atoms with Gasteiger partial charge in [-0.25, -0.2) is 4.39 Å². The third-order valence-corrected chi connectivity index (χ3v) is 3.94. The van der Waals surface area contributed by atoms with Gasteiger partial charge in [0.25, 0.3) is 0 Å². The zero-order chi connectivity index (χ0) is 14.5. The predicted octanol–water partition coefficient (Wildman–Crippen LogP) is 3.30. The fraction of sp³-hybridized carbons (Fsp3) is 0.600. The molecule has 0 aliphatic heterocycles. The van der Waals surface area contributed by atoms with E-state index in [1.165, 1.54) is 13.2 Å². The first-order chi connectivity index (χ1) is 9.08. The summed E-state index contributed by atoms with van der Waals surface area (Å²) in [5.41, 5.74) is 0.193. The van der Waals surface area contributed by atoms with Crippen molar-refractivity contribution in [3.05, 3.63) is 29.6 Å². The van der Waals surface area contributed by atoms with Crippen LogP contribution in [0.15, 0.2) is 18.2 Å². The van der Waals surface area contributed by atoms with Crippen molar-refractivity contribution < 1.29 is 13.9 Å². The Labute approximate surface area is 115 Å². The number of likely N-dealkylation sites (N-methyl/N-ethyl adjacent to an activating group) is 1. The minimum Gasteiger partial charge on any atom is -0.497 e. The zero-order valence-corrected chi connectivity index (χ0v) is 12.4. The van der Waals surface area contributed by atoms with Gasteiger partial charge in [0.05, 0.1) is 18.8 Å². The summed E-state index contributed by atoms with van der Waals surface area (Å²) in [6.07, 6.45) is 1.61. The van der Waals surface area contributed by atoms with E-state index in [9.17, 15) is 4.39 Å². The second kappa shape index (κ2) is 6.87. The maximum atomic E-state index is 14.2. The minimum atomic E-state index is -0.413. The van der Waals surface area contributed by atoms with Gasteiger partial charge in [0.2, 0.25) is 0 Å². The molecule has 19 heavy (non-hydrogen) atoms. The van der Waals surface area contributed by atoms with Crippen molar-refractivity contribution in [2.24, 2.45) is 0 Å². The van der Waals surface area contributed by atoms with Crippen molar-refractivity contribution in [3.8, 4) is 5.75 Å². The van der Waals surface area contributed by atoms with Crippen LogP contribution < -0.4 is 10.1 Å². The van der Waals surface area contributed by atoms with E-state index in [0.29, 0.717) is 11.3 Å². The molecule has 0 aliphatic carbocycles. The highest BCUT2D eigenvalue weighted by molar-refractivity contribution is 5.32. The van der Waals surface area contributed by atoms with Crippen LogP contribution in [0.4, 0.5) is 4.39 Å². The van der Waals surface area contributed by atoms with E-state index in [4.69, 9.17) is 9.47 Å². The van der Waals surface area contributed by atoms with E-state index in [1.807, 2.05) is 7.05 Å². The fourth-order valence-corrected chi connectivity index (χ4v) is 2.64. The van der Waals surface area contributed by atoms with E-state index in [0.717, 1.165) is 12.8 Å². The molecule has 3 nitrogen and oxygen atoms in total. The lowest BCUT2D eigenvalue weighted by Crippen LogP contribution is -2.44. The predicted molar refractivity (Wildman–Crippen MR) is 75.1 cm³/mol. The average molecular weight is 269 g/mol. The molecule has 1 atom stereocenters. The number of methoxy groups -OCH3 is 2. The highest BCUT2D eigenvalue weighted by Crippen LogP contribution is 2.36. The summed E-state index contributed by atoms with van der Waals surface area (Å²) in [6, 6.07) is 4.74. The molecule has 1 unspecified atom stereocenters. The van der Waals surface area contributed by atoms with Crippen LogP contribution in [-0.2, 0) is 4.74 Å². The Morgan fingerprint density at radius 3 is 2.26 bits per heavy atom. The first-order valence-corrected chi connectivity index (χ1v) is 6.64. The van der Waals surface area contributed by atoms with Crippen LogP contribution in [0.5, 0.6) is 5.75 Å². The normalized spacial score (nSPS) is 13.4. The molecular formula is C15H24FNO2. The monoisotopic (exact) mass is 269 g/mol. The van der Waals surface area contributed by atoms with Crippen molar-refractivity contribution in [1.29, 1.82) is 0 Å². The third kappa shape index (κ3) is 3.07. The Bertz CT molecular complexity index is 397. The van der Waals surface area contributed by atoms with Crippen LogP contribution in [0.2, 0.25) is 0 Å². The lowest BCUT2D eigenvalue weighted by Gasteiger charge is -2.38. The Balaban J connectivity index is 3.22. The number of nitrogens with one attached hydrogen (secondary N) is 1. The Hall–Kier alpha value is -1.13. The standard InChI is InChI=1S/C15H24FNO2/c1-6-15(7-2,19-5)14(17-3)12-9-8-11(18-4)10-13(12)16/h8-10,14,17H,6-7H2,1-5H3. The van der Waals surface area contributed by atoms with E-state index in [-0.39, 0.29) is 11.9 Å². The van der Waals surface area contributed by atoms with Crippen LogP contribution in [0.25, 0.3) is 0 Å². The summed E-state index contributed by atoms with van der Waals surface area (Å²) in [5, 5.41) is 3.18. The van der Waals surface area contributed by atoms with Gasteiger partial charge < -0.3 is 14.8 Å². The summed E-state index contributed by atoms with van der Waals surface area (Å²) in [4.78, 5) is 0. The van der Waals surface area contributed by atoms with Crippen molar-refractivity contribution in [2.75, 3.05) is 21.3 Å². The van der Waals surface area contributed by atoms with Gasteiger partial charge >= 0.3 is 0 Å². The maximum absolute atomic E-state index is 14.2. The van der Waals surface area contributed by atoms with Gasteiger partial charge in [-0.3, -0.25) is 0 Å². The van der Waals surface area contributed by atoms with Crippen molar-refractivity contribution in [2.45, 2.75) is 38.3 Å². The molecule has 0 fully saturated rings. The lowest BCUT2D eigenvalue weighted by atomic mass is 9.83. The number of hydrogen-bond acceptors (Lipinski definition) is 3. The fourth-order valence-electron chi connectivity index (χ4n) is 2.64. The molecule has 0 radical (unpaired) electrons. The summed E-state index contributed by atoms with van der Waals surface area (Å²) in [7, 11) is 5.04. The van der Waals surface area contributed by atoms with Crippen LogP contribution in [-0.4, -0.2) is 26.9 Å². The SMILES string of the molecule is CCC(CC)(OC)C(NC)c1ccc(OC)cc1F. The van der Waals surface area contributed by atoms with Gasteiger partial charge in [-0.15, -0.1) is 0 Å². The molecule has 1 aromatic carbocycles. The molecule has 0 aliphatic rings. The summed E-state index contributed by atoms with van der Waals surface area (Å²) < 4.78 is 25.0. The first-order valence-electron chi connectivity index (χ1n) is 6.64. The molecule has 0 heterocycles. The van der Waals surface area contributed by atoms with Crippen molar-refractivity contribution in [3.63, 3.8) is 0 Å². The number of rotatable bonds is 7. The minimum absolute atomic E-state index is 0.196. The largest absolute Gasteiger partial charge is 0.497 e. The number of hydrogen-bond donors (Lipinski definition) is 1. The number of halogens is 1. The van der Waals surface area contributed by atoms with Gasteiger partial charge in [0, 0.05) is 18.7 Å².